The van der Waals surface area contributed by atoms with Crippen molar-refractivity contribution in [3.05, 3.63) is 17.6 Å². The molecule has 1 aromatic rings. The van der Waals surface area contributed by atoms with Gasteiger partial charge in [0, 0.05) is 38.2 Å². The second-order valence-electron chi connectivity index (χ2n) is 6.51. The lowest BCUT2D eigenvalue weighted by Gasteiger charge is -2.33. The number of ether oxygens (including phenoxy) is 1. The molecule has 7 heteroatoms. The Morgan fingerprint density at radius 3 is 2.88 bits per heavy atom. The lowest BCUT2D eigenvalue weighted by atomic mass is 9.94. The van der Waals surface area contributed by atoms with E-state index in [1.54, 1.807) is 0 Å². The fourth-order valence-corrected chi connectivity index (χ4v) is 3.45. The number of morpholine rings is 1. The summed E-state index contributed by atoms with van der Waals surface area (Å²) in [7, 11) is 1.81. The van der Waals surface area contributed by atoms with Gasteiger partial charge in [-0.1, -0.05) is 0 Å². The van der Waals surface area contributed by atoms with Crippen molar-refractivity contribution < 1.29 is 9.53 Å². The highest BCUT2D eigenvalue weighted by atomic mass is 16.5. The Labute approximate surface area is 143 Å². The largest absolute Gasteiger partial charge is 0.378 e. The molecule has 1 atom stereocenters. The van der Waals surface area contributed by atoms with Crippen LogP contribution in [0.3, 0.4) is 0 Å². The van der Waals surface area contributed by atoms with Gasteiger partial charge in [-0.05, 0) is 26.8 Å². The van der Waals surface area contributed by atoms with E-state index in [2.05, 4.69) is 26.3 Å². The van der Waals surface area contributed by atoms with Crippen molar-refractivity contribution in [3.8, 4) is 0 Å². The standard InChI is InChI=1S/C17H27N5O2/c1-13-19-15(10-16(20-13)21-6-8-24-9-7-21)14-4-3-5-22(12-14)17(23)11-18-2/h10,14,18H,3-9,11-12H2,1-2H3/t14-/m0/s1. The zero-order chi connectivity index (χ0) is 16.9. The fraction of sp³-hybridized carbons (Fsp3) is 0.706. The molecule has 132 valence electrons. The van der Waals surface area contributed by atoms with E-state index in [1.165, 1.54) is 0 Å². The molecule has 7 nitrogen and oxygen atoms in total. The normalized spacial score (nSPS) is 21.8. The van der Waals surface area contributed by atoms with Crippen molar-refractivity contribution >= 4 is 11.7 Å². The summed E-state index contributed by atoms with van der Waals surface area (Å²) >= 11 is 0. The number of amides is 1. The molecule has 0 saturated carbocycles. The summed E-state index contributed by atoms with van der Waals surface area (Å²) in [5, 5.41) is 2.95. The molecule has 2 aliphatic rings. The lowest BCUT2D eigenvalue weighted by Crippen LogP contribution is -2.43. The van der Waals surface area contributed by atoms with Gasteiger partial charge in [-0.15, -0.1) is 0 Å². The summed E-state index contributed by atoms with van der Waals surface area (Å²) < 4.78 is 5.43. The molecule has 0 bridgehead atoms. The Morgan fingerprint density at radius 1 is 1.33 bits per heavy atom. The molecule has 0 spiro atoms. The minimum Gasteiger partial charge on any atom is -0.378 e. The molecule has 1 amide bonds. The third kappa shape index (κ3) is 4.02. The van der Waals surface area contributed by atoms with Crippen LogP contribution >= 0.6 is 0 Å². The van der Waals surface area contributed by atoms with Crippen molar-refractivity contribution in [1.82, 2.24) is 20.2 Å². The summed E-state index contributed by atoms with van der Waals surface area (Å²) in [5.41, 5.74) is 1.06. The van der Waals surface area contributed by atoms with E-state index < -0.39 is 0 Å². The molecule has 24 heavy (non-hydrogen) atoms. The minimum absolute atomic E-state index is 0.168. The molecule has 2 fully saturated rings. The highest BCUT2D eigenvalue weighted by molar-refractivity contribution is 5.78. The van der Waals surface area contributed by atoms with Gasteiger partial charge in [0.1, 0.15) is 11.6 Å². The first-order chi connectivity index (χ1) is 11.7. The highest BCUT2D eigenvalue weighted by Gasteiger charge is 2.26. The van der Waals surface area contributed by atoms with Crippen molar-refractivity contribution in [2.45, 2.75) is 25.7 Å². The molecule has 0 unspecified atom stereocenters. The summed E-state index contributed by atoms with van der Waals surface area (Å²) in [6, 6.07) is 2.11. The summed E-state index contributed by atoms with van der Waals surface area (Å²) in [6.07, 6.45) is 2.10. The topological polar surface area (TPSA) is 70.6 Å². The zero-order valence-electron chi connectivity index (χ0n) is 14.6. The van der Waals surface area contributed by atoms with Gasteiger partial charge in [-0.25, -0.2) is 9.97 Å². The third-order valence-electron chi connectivity index (χ3n) is 4.70. The predicted molar refractivity (Wildman–Crippen MR) is 92.3 cm³/mol. The van der Waals surface area contributed by atoms with Crippen LogP contribution in [0.4, 0.5) is 5.82 Å². The number of anilines is 1. The van der Waals surface area contributed by atoms with Gasteiger partial charge < -0.3 is 19.9 Å². The molecule has 1 N–H and O–H groups in total. The Morgan fingerprint density at radius 2 is 2.12 bits per heavy atom. The average molecular weight is 333 g/mol. The number of nitrogens with zero attached hydrogens (tertiary/aromatic N) is 4. The van der Waals surface area contributed by atoms with E-state index in [-0.39, 0.29) is 5.91 Å². The number of nitrogens with one attached hydrogen (secondary N) is 1. The number of hydrogen-bond acceptors (Lipinski definition) is 6. The van der Waals surface area contributed by atoms with Crippen molar-refractivity contribution in [3.63, 3.8) is 0 Å². The van der Waals surface area contributed by atoms with Gasteiger partial charge in [-0.2, -0.15) is 0 Å². The number of carbonyl (C=O) groups is 1. The number of hydrogen-bond donors (Lipinski definition) is 1. The van der Waals surface area contributed by atoms with Crippen LogP contribution in [-0.4, -0.2) is 73.8 Å². The molecule has 3 heterocycles. The number of likely N-dealkylation sites (tertiary alicyclic amines) is 1. The number of carbonyl (C=O) groups excluding carboxylic acids is 1. The van der Waals surface area contributed by atoms with Gasteiger partial charge in [0.25, 0.3) is 0 Å². The van der Waals surface area contributed by atoms with Crippen molar-refractivity contribution in [1.29, 1.82) is 0 Å². The molecule has 0 radical (unpaired) electrons. The van der Waals surface area contributed by atoms with Crippen LogP contribution in [0.1, 0.15) is 30.3 Å². The lowest BCUT2D eigenvalue weighted by molar-refractivity contribution is -0.131. The van der Waals surface area contributed by atoms with Crippen LogP contribution in [0.25, 0.3) is 0 Å². The molecule has 0 aliphatic carbocycles. The van der Waals surface area contributed by atoms with Crippen LogP contribution in [0.5, 0.6) is 0 Å². The SMILES string of the molecule is CNCC(=O)N1CCC[C@H](c2cc(N3CCOCC3)nc(C)n2)C1. The monoisotopic (exact) mass is 333 g/mol. The third-order valence-corrected chi connectivity index (χ3v) is 4.70. The Bertz CT molecular complexity index is 574. The number of aromatic nitrogens is 2. The van der Waals surface area contributed by atoms with Gasteiger partial charge >= 0.3 is 0 Å². The average Bonchev–Trinajstić information content (AvgIpc) is 2.62. The van der Waals surface area contributed by atoms with Crippen molar-refractivity contribution in [2.24, 2.45) is 0 Å². The first-order valence-corrected chi connectivity index (χ1v) is 8.78. The van der Waals surface area contributed by atoms with Gasteiger partial charge in [0.15, 0.2) is 0 Å². The van der Waals surface area contributed by atoms with Gasteiger partial charge in [-0.3, -0.25) is 4.79 Å². The van der Waals surface area contributed by atoms with Crippen LogP contribution < -0.4 is 10.2 Å². The number of rotatable bonds is 4. The van der Waals surface area contributed by atoms with Gasteiger partial charge in [0.05, 0.1) is 25.5 Å². The minimum atomic E-state index is 0.168. The van der Waals surface area contributed by atoms with Gasteiger partial charge in [0.2, 0.25) is 5.91 Å². The fourth-order valence-electron chi connectivity index (χ4n) is 3.45. The number of aryl methyl sites for hydroxylation is 1. The van der Waals surface area contributed by atoms with Crippen LogP contribution in [-0.2, 0) is 9.53 Å². The summed E-state index contributed by atoms with van der Waals surface area (Å²) in [6.45, 7) is 7.16. The molecule has 1 aromatic heterocycles. The first kappa shape index (κ1) is 17.1. The van der Waals surface area contributed by atoms with E-state index >= 15 is 0 Å². The quantitative estimate of drug-likeness (QED) is 0.868. The van der Waals surface area contributed by atoms with E-state index in [1.807, 2.05) is 18.9 Å². The van der Waals surface area contributed by atoms with E-state index in [9.17, 15) is 4.79 Å². The molecule has 0 aromatic carbocycles. The Hall–Kier alpha value is -1.73. The second kappa shape index (κ2) is 7.90. The predicted octanol–water partition coefficient (Wildman–Crippen LogP) is 0.547. The molecule has 2 aliphatic heterocycles. The molecular formula is C17H27N5O2. The maximum Gasteiger partial charge on any atom is 0.236 e. The Balaban J connectivity index is 1.75. The van der Waals surface area contributed by atoms with E-state index in [0.29, 0.717) is 12.5 Å². The Kier molecular flexibility index (Phi) is 5.63. The summed E-state index contributed by atoms with van der Waals surface area (Å²) in [5.74, 6) is 2.24. The number of piperidine rings is 1. The van der Waals surface area contributed by atoms with E-state index in [4.69, 9.17) is 4.74 Å². The number of likely N-dealkylation sites (N-methyl/N-ethyl adjacent to an activating group) is 1. The maximum atomic E-state index is 12.2. The van der Waals surface area contributed by atoms with Crippen LogP contribution in [0.15, 0.2) is 6.07 Å². The maximum absolute atomic E-state index is 12.2. The summed E-state index contributed by atoms with van der Waals surface area (Å²) in [4.78, 5) is 25.7. The molecular weight excluding hydrogens is 306 g/mol. The van der Waals surface area contributed by atoms with Crippen molar-refractivity contribution in [2.75, 3.05) is 57.9 Å². The first-order valence-electron chi connectivity index (χ1n) is 8.78. The zero-order valence-corrected chi connectivity index (χ0v) is 14.6. The second-order valence-corrected chi connectivity index (χ2v) is 6.51. The smallest absolute Gasteiger partial charge is 0.236 e. The molecule has 3 rings (SSSR count). The van der Waals surface area contributed by atoms with E-state index in [0.717, 1.165) is 69.6 Å². The molecule has 2 saturated heterocycles. The highest BCUT2D eigenvalue weighted by Crippen LogP contribution is 2.28. The van der Waals surface area contributed by atoms with Crippen LogP contribution in [0, 0.1) is 6.92 Å². The van der Waals surface area contributed by atoms with Crippen LogP contribution in [0.2, 0.25) is 0 Å².